The molecule has 1 aromatic heterocycles. The maximum atomic E-state index is 13.3. The van der Waals surface area contributed by atoms with Crippen molar-refractivity contribution in [3.63, 3.8) is 0 Å². The van der Waals surface area contributed by atoms with Gasteiger partial charge in [0.05, 0.1) is 12.8 Å². The maximum absolute atomic E-state index is 13.3. The van der Waals surface area contributed by atoms with Crippen LogP contribution < -0.4 is 14.4 Å². The Morgan fingerprint density at radius 2 is 1.86 bits per heavy atom. The standard InChI is InChI=1S/C20H24N2O4S2/c1-26-17-6-3-2-5-16(17)22(28(24,25)19-7-4-12-27-19)13-18(23)21-20(14-8-9-14)15-10-11-15/h2-7,12,14-15,20H,8-11,13H2,1H3,(H,21,23). The number of hydrogen-bond acceptors (Lipinski definition) is 5. The minimum Gasteiger partial charge on any atom is -0.495 e. The molecule has 0 bridgehead atoms. The summed E-state index contributed by atoms with van der Waals surface area (Å²) in [5, 5.41) is 4.83. The molecule has 2 aliphatic carbocycles. The van der Waals surface area contributed by atoms with Crippen molar-refractivity contribution in [2.45, 2.75) is 35.9 Å². The second-order valence-electron chi connectivity index (χ2n) is 7.38. The zero-order valence-electron chi connectivity index (χ0n) is 15.7. The van der Waals surface area contributed by atoms with Crippen molar-refractivity contribution in [3.8, 4) is 5.75 Å². The van der Waals surface area contributed by atoms with Crippen LogP contribution in [0.4, 0.5) is 5.69 Å². The number of para-hydroxylation sites is 2. The summed E-state index contributed by atoms with van der Waals surface area (Å²) in [5.74, 6) is 1.24. The molecule has 150 valence electrons. The van der Waals surface area contributed by atoms with Crippen LogP contribution in [-0.2, 0) is 14.8 Å². The second-order valence-corrected chi connectivity index (χ2v) is 10.4. The van der Waals surface area contributed by atoms with Crippen LogP contribution >= 0.6 is 11.3 Å². The van der Waals surface area contributed by atoms with Crippen molar-refractivity contribution in [2.75, 3.05) is 18.0 Å². The van der Waals surface area contributed by atoms with Gasteiger partial charge in [-0.1, -0.05) is 18.2 Å². The van der Waals surface area contributed by atoms with Gasteiger partial charge in [0.15, 0.2) is 0 Å². The molecule has 2 aromatic rings. The van der Waals surface area contributed by atoms with Crippen LogP contribution in [0.25, 0.3) is 0 Å². The summed E-state index contributed by atoms with van der Waals surface area (Å²) < 4.78 is 33.3. The topological polar surface area (TPSA) is 75.7 Å². The predicted molar refractivity (Wildman–Crippen MR) is 109 cm³/mol. The summed E-state index contributed by atoms with van der Waals surface area (Å²) in [5.41, 5.74) is 0.364. The van der Waals surface area contributed by atoms with E-state index in [4.69, 9.17) is 4.74 Å². The fourth-order valence-corrected chi connectivity index (χ4v) is 6.08. The number of carbonyl (C=O) groups excluding carboxylic acids is 1. The molecule has 1 aromatic carbocycles. The molecule has 0 spiro atoms. The number of ether oxygens (including phenoxy) is 1. The van der Waals surface area contributed by atoms with Crippen molar-refractivity contribution in [2.24, 2.45) is 11.8 Å². The zero-order chi connectivity index (χ0) is 19.7. The molecule has 0 radical (unpaired) electrons. The van der Waals surface area contributed by atoms with E-state index in [9.17, 15) is 13.2 Å². The Labute approximate surface area is 169 Å². The van der Waals surface area contributed by atoms with Gasteiger partial charge >= 0.3 is 0 Å². The number of sulfonamides is 1. The third-order valence-corrected chi connectivity index (χ3v) is 8.40. The summed E-state index contributed by atoms with van der Waals surface area (Å²) >= 11 is 1.13. The largest absolute Gasteiger partial charge is 0.495 e. The van der Waals surface area contributed by atoms with Crippen LogP contribution in [0, 0.1) is 11.8 Å². The van der Waals surface area contributed by atoms with Crippen molar-refractivity contribution in [3.05, 3.63) is 41.8 Å². The molecule has 2 fully saturated rings. The second kappa shape index (κ2) is 7.75. The lowest BCUT2D eigenvalue weighted by Crippen LogP contribution is -2.45. The molecule has 1 heterocycles. The first-order valence-corrected chi connectivity index (χ1v) is 11.8. The normalized spacial score (nSPS) is 16.8. The van der Waals surface area contributed by atoms with E-state index >= 15 is 0 Å². The van der Waals surface area contributed by atoms with Gasteiger partial charge in [-0.15, -0.1) is 11.3 Å². The van der Waals surface area contributed by atoms with E-state index in [1.165, 1.54) is 7.11 Å². The molecule has 0 atom stereocenters. The third kappa shape index (κ3) is 4.03. The minimum atomic E-state index is -3.87. The molecule has 8 heteroatoms. The van der Waals surface area contributed by atoms with Gasteiger partial charge in [-0.05, 0) is 61.1 Å². The van der Waals surface area contributed by atoms with Crippen LogP contribution in [0.5, 0.6) is 5.75 Å². The molecule has 4 rings (SSSR count). The molecule has 6 nitrogen and oxygen atoms in total. The van der Waals surface area contributed by atoms with E-state index in [1.807, 2.05) is 0 Å². The number of thiophene rings is 1. The van der Waals surface area contributed by atoms with Crippen LogP contribution in [0.2, 0.25) is 0 Å². The van der Waals surface area contributed by atoms with Crippen LogP contribution in [0.1, 0.15) is 25.7 Å². The summed E-state index contributed by atoms with van der Waals surface area (Å²) in [7, 11) is -2.38. The van der Waals surface area contributed by atoms with E-state index < -0.39 is 10.0 Å². The lowest BCUT2D eigenvalue weighted by molar-refractivity contribution is -0.120. The molecule has 0 saturated heterocycles. The summed E-state index contributed by atoms with van der Waals surface area (Å²) in [6.07, 6.45) is 4.58. The third-order valence-electron chi connectivity index (χ3n) is 5.27. The highest BCUT2D eigenvalue weighted by Crippen LogP contribution is 2.44. The van der Waals surface area contributed by atoms with E-state index in [0.717, 1.165) is 41.3 Å². The van der Waals surface area contributed by atoms with E-state index in [2.05, 4.69) is 5.32 Å². The SMILES string of the molecule is COc1ccccc1N(CC(=O)NC(C1CC1)C1CC1)S(=O)(=O)c1cccs1. The number of rotatable bonds is 9. The molecule has 1 amide bonds. The highest BCUT2D eigenvalue weighted by atomic mass is 32.2. The van der Waals surface area contributed by atoms with E-state index in [1.54, 1.807) is 41.8 Å². The molecular weight excluding hydrogens is 396 g/mol. The fourth-order valence-electron chi connectivity index (χ4n) is 3.55. The van der Waals surface area contributed by atoms with Crippen molar-refractivity contribution in [1.29, 1.82) is 0 Å². The monoisotopic (exact) mass is 420 g/mol. The number of nitrogens with one attached hydrogen (secondary N) is 1. The lowest BCUT2D eigenvalue weighted by Gasteiger charge is -2.26. The Kier molecular flexibility index (Phi) is 5.33. The molecule has 2 aliphatic rings. The van der Waals surface area contributed by atoms with Crippen molar-refractivity contribution >= 4 is 33.0 Å². The summed E-state index contributed by atoms with van der Waals surface area (Å²) in [6, 6.07) is 10.3. The molecule has 1 N–H and O–H groups in total. The van der Waals surface area contributed by atoms with Gasteiger partial charge in [0.1, 0.15) is 16.5 Å². The van der Waals surface area contributed by atoms with Crippen molar-refractivity contribution in [1.82, 2.24) is 5.32 Å². The number of methoxy groups -OCH3 is 1. The highest BCUT2D eigenvalue weighted by molar-refractivity contribution is 7.94. The van der Waals surface area contributed by atoms with Gasteiger partial charge in [0, 0.05) is 6.04 Å². The number of carbonyl (C=O) groups is 1. The minimum absolute atomic E-state index is 0.177. The Morgan fingerprint density at radius 1 is 1.18 bits per heavy atom. The van der Waals surface area contributed by atoms with Gasteiger partial charge in [-0.2, -0.15) is 0 Å². The van der Waals surface area contributed by atoms with E-state index in [-0.39, 0.29) is 22.7 Å². The molecule has 28 heavy (non-hydrogen) atoms. The highest BCUT2D eigenvalue weighted by Gasteiger charge is 2.42. The molecule has 2 saturated carbocycles. The summed E-state index contributed by atoms with van der Waals surface area (Å²) in [6.45, 7) is -0.267. The first-order valence-electron chi connectivity index (χ1n) is 9.49. The van der Waals surface area contributed by atoms with Gasteiger partial charge in [-0.3, -0.25) is 9.10 Å². The average Bonchev–Trinajstić information content (AvgIpc) is 3.63. The predicted octanol–water partition coefficient (Wildman–Crippen LogP) is 3.26. The Balaban J connectivity index is 1.62. The van der Waals surface area contributed by atoms with E-state index in [0.29, 0.717) is 23.3 Å². The first kappa shape index (κ1) is 19.3. The smallest absolute Gasteiger partial charge is 0.274 e. The molecule has 0 aliphatic heterocycles. The number of nitrogens with zero attached hydrogens (tertiary/aromatic N) is 1. The van der Waals surface area contributed by atoms with Gasteiger partial charge in [-0.25, -0.2) is 8.42 Å². The fraction of sp³-hybridized carbons (Fsp3) is 0.450. The lowest BCUT2D eigenvalue weighted by atomic mass is 10.1. The molecular formula is C20H24N2O4S2. The van der Waals surface area contributed by atoms with Crippen LogP contribution in [0.3, 0.4) is 0 Å². The first-order chi connectivity index (χ1) is 13.5. The van der Waals surface area contributed by atoms with Gasteiger partial charge < -0.3 is 10.1 Å². The summed E-state index contributed by atoms with van der Waals surface area (Å²) in [4.78, 5) is 12.9. The number of hydrogen-bond donors (Lipinski definition) is 1. The zero-order valence-corrected chi connectivity index (χ0v) is 17.3. The Morgan fingerprint density at radius 3 is 2.43 bits per heavy atom. The quantitative estimate of drug-likeness (QED) is 0.676. The number of amides is 1. The van der Waals surface area contributed by atoms with Gasteiger partial charge in [0.2, 0.25) is 5.91 Å². The number of anilines is 1. The number of benzene rings is 1. The van der Waals surface area contributed by atoms with Crippen molar-refractivity contribution < 1.29 is 17.9 Å². The van der Waals surface area contributed by atoms with Gasteiger partial charge in [0.25, 0.3) is 10.0 Å². The average molecular weight is 421 g/mol. The molecule has 0 unspecified atom stereocenters. The Bertz CT molecular complexity index is 923. The Hall–Kier alpha value is -2.06. The van der Waals surface area contributed by atoms with Crippen LogP contribution in [0.15, 0.2) is 46.0 Å². The van der Waals surface area contributed by atoms with Crippen LogP contribution in [-0.4, -0.2) is 34.0 Å². The maximum Gasteiger partial charge on any atom is 0.274 e.